The van der Waals surface area contributed by atoms with E-state index in [1.54, 1.807) is 37.3 Å². The number of hydrogen-bond acceptors (Lipinski definition) is 7. The van der Waals surface area contributed by atoms with E-state index < -0.39 is 17.5 Å². The maximum absolute atomic E-state index is 12.8. The summed E-state index contributed by atoms with van der Waals surface area (Å²) in [6.45, 7) is 1.65. The molecule has 1 heterocycles. The van der Waals surface area contributed by atoms with Gasteiger partial charge in [0.15, 0.2) is 11.5 Å². The second-order valence-electron chi connectivity index (χ2n) is 7.40. The fraction of sp³-hybridized carbons (Fsp3) is 0.304. The molecule has 0 bridgehead atoms. The first-order valence-corrected chi connectivity index (χ1v) is 10.3. The van der Waals surface area contributed by atoms with Gasteiger partial charge in [0.2, 0.25) is 11.8 Å². The van der Waals surface area contributed by atoms with Crippen LogP contribution in [0.15, 0.2) is 47.5 Å². The zero-order valence-corrected chi connectivity index (χ0v) is 18.6. The van der Waals surface area contributed by atoms with Crippen LogP contribution >= 0.6 is 0 Å². The van der Waals surface area contributed by atoms with E-state index in [4.69, 9.17) is 9.47 Å². The zero-order chi connectivity index (χ0) is 24.0. The van der Waals surface area contributed by atoms with Crippen molar-refractivity contribution in [1.82, 2.24) is 20.2 Å². The lowest BCUT2D eigenvalue weighted by Crippen LogP contribution is -2.46. The van der Waals surface area contributed by atoms with Gasteiger partial charge in [-0.15, -0.1) is 0 Å². The molecule has 0 saturated heterocycles. The van der Waals surface area contributed by atoms with E-state index >= 15 is 0 Å². The van der Waals surface area contributed by atoms with E-state index in [0.717, 1.165) is 5.56 Å². The predicted molar refractivity (Wildman–Crippen MR) is 122 cm³/mol. The fourth-order valence-electron chi connectivity index (χ4n) is 3.25. The first kappa shape index (κ1) is 23.6. The van der Waals surface area contributed by atoms with Crippen molar-refractivity contribution in [2.24, 2.45) is 0 Å². The Bertz CT molecular complexity index is 1210. The van der Waals surface area contributed by atoms with Crippen molar-refractivity contribution in [2.45, 2.75) is 25.9 Å². The minimum atomic E-state index is -0.786. The summed E-state index contributed by atoms with van der Waals surface area (Å²) in [5, 5.41) is 14.9. The molecule has 3 rings (SSSR count). The van der Waals surface area contributed by atoms with Gasteiger partial charge in [-0.25, -0.2) is 4.98 Å². The third-order valence-electron chi connectivity index (χ3n) is 5.06. The van der Waals surface area contributed by atoms with Crippen LogP contribution in [-0.4, -0.2) is 53.3 Å². The number of rotatable bonds is 9. The first-order valence-electron chi connectivity index (χ1n) is 10.3. The summed E-state index contributed by atoms with van der Waals surface area (Å²) in [4.78, 5) is 41.7. The van der Waals surface area contributed by atoms with Crippen molar-refractivity contribution < 1.29 is 24.2 Å². The number of aromatic nitrogens is 2. The monoisotopic (exact) mass is 454 g/mol. The second kappa shape index (κ2) is 10.5. The zero-order valence-electron chi connectivity index (χ0n) is 18.6. The molecule has 0 aliphatic heterocycles. The Kier molecular flexibility index (Phi) is 7.50. The molecule has 2 aromatic carbocycles. The van der Waals surface area contributed by atoms with Gasteiger partial charge >= 0.3 is 0 Å². The molecule has 10 nitrogen and oxygen atoms in total. The minimum Gasteiger partial charge on any atom is -0.508 e. The summed E-state index contributed by atoms with van der Waals surface area (Å²) in [5.41, 5.74) is 0.958. The van der Waals surface area contributed by atoms with Gasteiger partial charge in [-0.3, -0.25) is 19.0 Å². The highest BCUT2D eigenvalue weighted by atomic mass is 16.5. The normalized spacial score (nSPS) is 11.6. The van der Waals surface area contributed by atoms with Crippen molar-refractivity contribution in [3.8, 4) is 17.2 Å². The van der Waals surface area contributed by atoms with Crippen molar-refractivity contribution in [3.05, 3.63) is 58.6 Å². The first-order chi connectivity index (χ1) is 15.8. The van der Waals surface area contributed by atoms with Gasteiger partial charge in [0.05, 0.1) is 31.4 Å². The lowest BCUT2D eigenvalue weighted by Gasteiger charge is -2.15. The molecule has 174 valence electrons. The number of benzene rings is 2. The average Bonchev–Trinajstić information content (AvgIpc) is 2.81. The van der Waals surface area contributed by atoms with Gasteiger partial charge in [0, 0.05) is 12.6 Å². The maximum Gasteiger partial charge on any atom is 0.261 e. The van der Waals surface area contributed by atoms with Gasteiger partial charge < -0.3 is 25.2 Å². The number of ether oxygens (including phenoxy) is 2. The highest BCUT2D eigenvalue weighted by Crippen LogP contribution is 2.29. The van der Waals surface area contributed by atoms with Crippen molar-refractivity contribution in [3.63, 3.8) is 0 Å². The van der Waals surface area contributed by atoms with Crippen molar-refractivity contribution >= 4 is 22.7 Å². The third-order valence-corrected chi connectivity index (χ3v) is 5.06. The molecule has 2 amide bonds. The van der Waals surface area contributed by atoms with E-state index in [1.165, 1.54) is 31.2 Å². The highest BCUT2D eigenvalue weighted by molar-refractivity contribution is 5.87. The number of carbonyl (C=O) groups is 2. The Morgan fingerprint density at radius 1 is 1.12 bits per heavy atom. The van der Waals surface area contributed by atoms with Gasteiger partial charge in [0.25, 0.3) is 5.56 Å². The number of phenolic OH excluding ortho intramolecular Hbond substituents is 1. The van der Waals surface area contributed by atoms with E-state index in [2.05, 4.69) is 15.6 Å². The number of nitrogens with zero attached hydrogens (tertiary/aromatic N) is 2. The molecular weight excluding hydrogens is 428 g/mol. The number of carbonyl (C=O) groups excluding carboxylic acids is 2. The summed E-state index contributed by atoms with van der Waals surface area (Å²) in [7, 11) is 2.95. The van der Waals surface area contributed by atoms with Crippen LogP contribution in [0.3, 0.4) is 0 Å². The lowest BCUT2D eigenvalue weighted by molar-refractivity contribution is -0.128. The number of amides is 2. The van der Waals surface area contributed by atoms with Crippen LogP contribution in [0.2, 0.25) is 0 Å². The van der Waals surface area contributed by atoms with Gasteiger partial charge in [-0.1, -0.05) is 12.1 Å². The van der Waals surface area contributed by atoms with Crippen molar-refractivity contribution in [2.75, 3.05) is 20.8 Å². The molecule has 0 spiro atoms. The van der Waals surface area contributed by atoms with Crippen LogP contribution in [-0.2, 0) is 22.6 Å². The van der Waals surface area contributed by atoms with Crippen LogP contribution < -0.4 is 25.7 Å². The molecule has 0 saturated carbocycles. The van der Waals surface area contributed by atoms with Crippen LogP contribution in [0.1, 0.15) is 12.5 Å². The molecule has 1 aromatic heterocycles. The number of nitrogens with one attached hydrogen (secondary N) is 2. The van der Waals surface area contributed by atoms with Crippen molar-refractivity contribution in [1.29, 1.82) is 0 Å². The standard InChI is InChI=1S/C23H26N4O6/c1-14(22(30)24-9-8-15-4-6-16(28)7-5-15)26-21(29)12-27-13-25-18-11-20(33-3)19(32-2)10-17(18)23(27)31/h4-7,10-11,13-14,28H,8-9,12H2,1-3H3,(H,24,30)(H,26,29)/t14-/m1/s1. The summed E-state index contributed by atoms with van der Waals surface area (Å²) >= 11 is 0. The van der Waals surface area contributed by atoms with E-state index in [1.807, 2.05) is 0 Å². The SMILES string of the molecule is COc1cc2ncn(CC(=O)N[C@H](C)C(=O)NCCc3ccc(O)cc3)c(=O)c2cc1OC. The molecule has 0 aliphatic rings. The summed E-state index contributed by atoms with van der Waals surface area (Å²) in [5.74, 6) is 0.155. The predicted octanol–water partition coefficient (Wildman–Crippen LogP) is 0.983. The number of methoxy groups -OCH3 is 2. The van der Waals surface area contributed by atoms with Crippen LogP contribution in [0, 0.1) is 0 Å². The molecule has 3 aromatic rings. The Balaban J connectivity index is 1.58. The topological polar surface area (TPSA) is 132 Å². The highest BCUT2D eigenvalue weighted by Gasteiger charge is 2.17. The number of hydrogen-bond donors (Lipinski definition) is 3. The minimum absolute atomic E-state index is 0.179. The molecule has 33 heavy (non-hydrogen) atoms. The quantitative estimate of drug-likeness (QED) is 0.439. The third kappa shape index (κ3) is 5.79. The van der Waals surface area contributed by atoms with E-state index in [9.17, 15) is 19.5 Å². The molecule has 0 aliphatic carbocycles. The van der Waals surface area contributed by atoms with Crippen LogP contribution in [0.5, 0.6) is 17.2 Å². The average molecular weight is 454 g/mol. The van der Waals surface area contributed by atoms with Gasteiger partial charge in [-0.05, 0) is 37.1 Å². The molecule has 0 fully saturated rings. The molecular formula is C23H26N4O6. The van der Waals surface area contributed by atoms with E-state index in [0.29, 0.717) is 30.0 Å². The number of aromatic hydroxyl groups is 1. The number of fused-ring (bicyclic) bond motifs is 1. The Morgan fingerprint density at radius 3 is 2.45 bits per heavy atom. The van der Waals surface area contributed by atoms with E-state index in [-0.39, 0.29) is 23.6 Å². The molecule has 0 radical (unpaired) electrons. The smallest absolute Gasteiger partial charge is 0.261 e. The van der Waals surface area contributed by atoms with Crippen LogP contribution in [0.4, 0.5) is 0 Å². The lowest BCUT2D eigenvalue weighted by atomic mass is 10.1. The Hall–Kier alpha value is -4.08. The molecule has 10 heteroatoms. The molecule has 3 N–H and O–H groups in total. The molecule has 0 unspecified atom stereocenters. The molecule has 1 atom stereocenters. The van der Waals surface area contributed by atoms with Gasteiger partial charge in [0.1, 0.15) is 18.3 Å². The summed E-state index contributed by atoms with van der Waals surface area (Å²) in [6, 6.07) is 9.02. The Morgan fingerprint density at radius 2 is 1.79 bits per heavy atom. The van der Waals surface area contributed by atoms with Gasteiger partial charge in [-0.2, -0.15) is 0 Å². The number of phenols is 1. The summed E-state index contributed by atoms with van der Waals surface area (Å²) in [6.07, 6.45) is 1.86. The maximum atomic E-state index is 12.8. The van der Waals surface area contributed by atoms with Crippen LogP contribution in [0.25, 0.3) is 10.9 Å². The fourth-order valence-corrected chi connectivity index (χ4v) is 3.25. The second-order valence-corrected chi connectivity index (χ2v) is 7.40. The summed E-state index contributed by atoms with van der Waals surface area (Å²) < 4.78 is 11.6. The largest absolute Gasteiger partial charge is 0.508 e. The Labute approximate surface area is 190 Å².